The number of ether oxygens (including phenoxy) is 1. The zero-order valence-electron chi connectivity index (χ0n) is 16.3. The number of nitrogens with zero attached hydrogens (tertiary/aromatic N) is 6. The van der Waals surface area contributed by atoms with E-state index in [1.165, 1.54) is 10.9 Å². The van der Waals surface area contributed by atoms with Crippen LogP contribution in [-0.4, -0.2) is 41.8 Å². The first-order valence-electron chi connectivity index (χ1n) is 9.19. The Morgan fingerprint density at radius 2 is 1.94 bits per heavy atom. The van der Waals surface area contributed by atoms with Gasteiger partial charge in [-0.05, 0) is 24.6 Å². The Balaban J connectivity index is 1.99. The Bertz CT molecular complexity index is 1480. The second-order valence-electron chi connectivity index (χ2n) is 6.48. The van der Waals surface area contributed by atoms with Crippen LogP contribution in [0, 0.1) is 12.3 Å². The smallest absolute Gasteiger partial charge is 0.361 e. The van der Waals surface area contributed by atoms with Crippen LogP contribution in [0.25, 0.3) is 16.6 Å². The van der Waals surface area contributed by atoms with Gasteiger partial charge in [0, 0.05) is 5.02 Å². The third kappa shape index (κ3) is 3.45. The molecule has 156 valence electrons. The van der Waals surface area contributed by atoms with Crippen molar-refractivity contribution in [1.82, 2.24) is 29.2 Å². The molecule has 1 aromatic carbocycles. The molecule has 31 heavy (non-hydrogen) atoms. The average molecular weight is 439 g/mol. The number of esters is 1. The molecular formula is C20H15ClN6O4. The van der Waals surface area contributed by atoms with Gasteiger partial charge in [-0.25, -0.2) is 14.0 Å². The molecule has 0 amide bonds. The third-order valence-corrected chi connectivity index (χ3v) is 4.83. The van der Waals surface area contributed by atoms with Gasteiger partial charge in [-0.1, -0.05) is 34.9 Å². The molecule has 0 aliphatic heterocycles. The number of hydrogen-bond donors (Lipinski definition) is 0. The summed E-state index contributed by atoms with van der Waals surface area (Å²) in [6, 6.07) is 6.93. The van der Waals surface area contributed by atoms with Gasteiger partial charge in [0.05, 0.1) is 25.9 Å². The lowest BCUT2D eigenvalue weighted by molar-refractivity contribution is 0.0521. The molecule has 0 fully saturated rings. The van der Waals surface area contributed by atoms with E-state index in [2.05, 4.69) is 21.3 Å². The average Bonchev–Trinajstić information content (AvgIpc) is 3.20. The van der Waals surface area contributed by atoms with Crippen molar-refractivity contribution in [3.8, 4) is 12.3 Å². The van der Waals surface area contributed by atoms with Crippen LogP contribution in [0.4, 0.5) is 0 Å². The molecule has 0 N–H and O–H groups in total. The van der Waals surface area contributed by atoms with Gasteiger partial charge >= 0.3 is 5.97 Å². The molecule has 4 aromatic rings. The molecule has 3 aromatic heterocycles. The highest BCUT2D eigenvalue weighted by Crippen LogP contribution is 2.14. The van der Waals surface area contributed by atoms with E-state index in [4.69, 9.17) is 22.8 Å². The first kappa shape index (κ1) is 20.3. The molecule has 3 heterocycles. The molecule has 11 heteroatoms. The number of benzene rings is 1. The number of carbonyl (C=O) groups is 1. The summed E-state index contributed by atoms with van der Waals surface area (Å²) in [4.78, 5) is 38.6. The molecule has 0 saturated carbocycles. The number of terminal acetylenes is 1. The number of hydrogen-bond acceptors (Lipinski definition) is 7. The summed E-state index contributed by atoms with van der Waals surface area (Å²) in [5, 5.41) is 12.4. The summed E-state index contributed by atoms with van der Waals surface area (Å²) in [6.07, 6.45) is 6.81. The molecule has 10 nitrogen and oxygen atoms in total. The minimum atomic E-state index is -0.801. The fourth-order valence-electron chi connectivity index (χ4n) is 3.20. The normalized spacial score (nSPS) is 11.0. The highest BCUT2D eigenvalue weighted by molar-refractivity contribution is 6.30. The zero-order valence-corrected chi connectivity index (χ0v) is 17.0. The first-order valence-corrected chi connectivity index (χ1v) is 9.57. The van der Waals surface area contributed by atoms with Gasteiger partial charge in [-0.3, -0.25) is 14.2 Å². The molecule has 0 aliphatic carbocycles. The summed E-state index contributed by atoms with van der Waals surface area (Å²) >= 11 is 5.91. The molecule has 0 unspecified atom stereocenters. The quantitative estimate of drug-likeness (QED) is 0.339. The lowest BCUT2D eigenvalue weighted by atomic mass is 10.2. The zero-order chi connectivity index (χ0) is 22.1. The Hall–Kier alpha value is -3.97. The Morgan fingerprint density at radius 3 is 2.61 bits per heavy atom. The molecule has 4 rings (SSSR count). The van der Waals surface area contributed by atoms with Gasteiger partial charge in [0.15, 0.2) is 5.52 Å². The Morgan fingerprint density at radius 1 is 1.19 bits per heavy atom. The van der Waals surface area contributed by atoms with E-state index in [0.717, 1.165) is 14.6 Å². The van der Waals surface area contributed by atoms with E-state index < -0.39 is 17.1 Å². The predicted octanol–water partition coefficient (Wildman–Crippen LogP) is 1.11. The summed E-state index contributed by atoms with van der Waals surface area (Å²) in [5.41, 5.74) is -0.655. The van der Waals surface area contributed by atoms with Crippen LogP contribution >= 0.6 is 11.6 Å². The van der Waals surface area contributed by atoms with E-state index in [9.17, 15) is 14.4 Å². The second-order valence-corrected chi connectivity index (χ2v) is 6.92. The Kier molecular flexibility index (Phi) is 5.27. The molecule has 0 bridgehead atoms. The lowest BCUT2D eigenvalue weighted by Gasteiger charge is -2.11. The van der Waals surface area contributed by atoms with Crippen molar-refractivity contribution in [3.05, 3.63) is 67.4 Å². The van der Waals surface area contributed by atoms with Crippen LogP contribution in [0.2, 0.25) is 5.02 Å². The van der Waals surface area contributed by atoms with E-state index >= 15 is 0 Å². The number of aromatic nitrogens is 6. The molecule has 0 atom stereocenters. The van der Waals surface area contributed by atoms with Crippen LogP contribution in [0.15, 0.2) is 40.1 Å². The fraction of sp³-hybridized carbons (Fsp3) is 0.200. The number of carbonyl (C=O) groups excluding carboxylic acids is 1. The second kappa shape index (κ2) is 8.04. The SMILES string of the molecule is C#CCn1c(=O)c2c(C(=O)OCC)nnn2c2cnn(Cc3ccc(Cl)cc3)c(=O)c21. The maximum absolute atomic E-state index is 13.2. The van der Waals surface area contributed by atoms with Gasteiger partial charge in [-0.15, -0.1) is 11.5 Å². The van der Waals surface area contributed by atoms with E-state index in [1.54, 1.807) is 31.2 Å². The van der Waals surface area contributed by atoms with Crippen LogP contribution in [0.5, 0.6) is 0 Å². The number of halogens is 1. The van der Waals surface area contributed by atoms with E-state index in [-0.39, 0.29) is 41.9 Å². The number of fused-ring (bicyclic) bond motifs is 3. The molecule has 0 saturated heterocycles. The fourth-order valence-corrected chi connectivity index (χ4v) is 3.33. The Labute approximate surface area is 179 Å². The topological polar surface area (TPSA) is 113 Å². The summed E-state index contributed by atoms with van der Waals surface area (Å²) in [6.45, 7) is 1.68. The predicted molar refractivity (Wildman–Crippen MR) is 112 cm³/mol. The van der Waals surface area contributed by atoms with Gasteiger partial charge < -0.3 is 4.74 Å². The minimum absolute atomic E-state index is 0.000257. The number of rotatable bonds is 5. The van der Waals surface area contributed by atoms with Crippen molar-refractivity contribution in [2.75, 3.05) is 6.61 Å². The van der Waals surface area contributed by atoms with Crippen molar-refractivity contribution >= 4 is 34.1 Å². The van der Waals surface area contributed by atoms with Crippen LogP contribution in [0.1, 0.15) is 23.0 Å². The van der Waals surface area contributed by atoms with Crippen LogP contribution < -0.4 is 11.1 Å². The summed E-state index contributed by atoms with van der Waals surface area (Å²) in [7, 11) is 0. The van der Waals surface area contributed by atoms with Crippen LogP contribution in [0.3, 0.4) is 0 Å². The summed E-state index contributed by atoms with van der Waals surface area (Å²) < 4.78 is 8.37. The molecule has 0 spiro atoms. The van der Waals surface area contributed by atoms with Gasteiger partial charge in [0.1, 0.15) is 11.0 Å². The van der Waals surface area contributed by atoms with E-state index in [1.807, 2.05) is 0 Å². The third-order valence-electron chi connectivity index (χ3n) is 4.58. The maximum Gasteiger partial charge on any atom is 0.361 e. The van der Waals surface area contributed by atoms with Crippen molar-refractivity contribution < 1.29 is 9.53 Å². The largest absolute Gasteiger partial charge is 0.461 e. The van der Waals surface area contributed by atoms with Crippen molar-refractivity contribution in [3.63, 3.8) is 0 Å². The monoisotopic (exact) mass is 438 g/mol. The van der Waals surface area contributed by atoms with E-state index in [0.29, 0.717) is 5.02 Å². The standard InChI is InChI=1S/C20H15ClN6O4/c1-3-9-25-16-14(27-17(18(25)28)15(23-24-27)20(30)31-4-2)10-22-26(19(16)29)11-12-5-7-13(21)8-6-12/h1,5-8,10H,4,9,11H2,2H3. The highest BCUT2D eigenvalue weighted by Gasteiger charge is 2.24. The first-order chi connectivity index (χ1) is 15.0. The summed E-state index contributed by atoms with van der Waals surface area (Å²) in [5.74, 6) is 1.56. The van der Waals surface area contributed by atoms with Crippen LogP contribution in [-0.2, 0) is 17.8 Å². The molecule has 0 aliphatic rings. The van der Waals surface area contributed by atoms with Gasteiger partial charge in [0.25, 0.3) is 11.1 Å². The van der Waals surface area contributed by atoms with Gasteiger partial charge in [0.2, 0.25) is 5.69 Å². The minimum Gasteiger partial charge on any atom is -0.461 e. The van der Waals surface area contributed by atoms with Crippen molar-refractivity contribution in [2.45, 2.75) is 20.0 Å². The molecule has 0 radical (unpaired) electrons. The highest BCUT2D eigenvalue weighted by atomic mass is 35.5. The van der Waals surface area contributed by atoms with Gasteiger partial charge in [-0.2, -0.15) is 5.10 Å². The molecular weight excluding hydrogens is 424 g/mol. The van der Waals surface area contributed by atoms with Crippen molar-refractivity contribution in [2.24, 2.45) is 0 Å². The lowest BCUT2D eigenvalue weighted by Crippen LogP contribution is -2.32. The maximum atomic E-state index is 13.2. The van der Waals surface area contributed by atoms with Crippen molar-refractivity contribution in [1.29, 1.82) is 0 Å².